The summed E-state index contributed by atoms with van der Waals surface area (Å²) in [6.45, 7) is 2.92. The Bertz CT molecular complexity index is 650. The highest BCUT2D eigenvalue weighted by Crippen LogP contribution is 2.24. The number of carbonyl (C=O) groups is 1. The topological polar surface area (TPSA) is 36.4 Å². The summed E-state index contributed by atoms with van der Waals surface area (Å²) in [6.07, 6.45) is 2.90. The molecule has 2 heterocycles. The van der Waals surface area contributed by atoms with Crippen molar-refractivity contribution in [2.24, 2.45) is 5.92 Å². The molecule has 1 aliphatic rings. The fraction of sp³-hybridized carbons (Fsp3) is 0.368. The van der Waals surface area contributed by atoms with E-state index in [-0.39, 0.29) is 5.91 Å². The molecule has 0 spiro atoms. The number of hydrogen-bond acceptors (Lipinski definition) is 4. The van der Waals surface area contributed by atoms with E-state index < -0.39 is 0 Å². The number of rotatable bonds is 6. The van der Waals surface area contributed by atoms with Crippen LogP contribution in [0.1, 0.15) is 6.42 Å². The molecular formula is C19H23N3OS. The van der Waals surface area contributed by atoms with Crippen LogP contribution in [0, 0.1) is 5.92 Å². The predicted molar refractivity (Wildman–Crippen MR) is 99.4 cm³/mol. The van der Waals surface area contributed by atoms with E-state index in [0.29, 0.717) is 11.7 Å². The molecule has 0 bridgehead atoms. The zero-order chi connectivity index (χ0) is 16.8. The highest BCUT2D eigenvalue weighted by molar-refractivity contribution is 7.99. The Labute approximate surface area is 147 Å². The number of hydrogen-bond donors (Lipinski definition) is 0. The van der Waals surface area contributed by atoms with E-state index >= 15 is 0 Å². The number of pyridine rings is 1. The lowest BCUT2D eigenvalue weighted by Gasteiger charge is -2.22. The zero-order valence-electron chi connectivity index (χ0n) is 14.0. The Morgan fingerprint density at radius 1 is 1.25 bits per heavy atom. The average molecular weight is 341 g/mol. The second-order valence-electron chi connectivity index (χ2n) is 6.17. The van der Waals surface area contributed by atoms with Gasteiger partial charge in [-0.05, 0) is 36.6 Å². The number of amides is 1. The summed E-state index contributed by atoms with van der Waals surface area (Å²) >= 11 is 1.50. The minimum absolute atomic E-state index is 0.170. The summed E-state index contributed by atoms with van der Waals surface area (Å²) in [5, 5.41) is 0.898. The average Bonchev–Trinajstić information content (AvgIpc) is 3.10. The van der Waals surface area contributed by atoms with Gasteiger partial charge in [0.15, 0.2) is 0 Å². The maximum Gasteiger partial charge on any atom is 0.232 e. The van der Waals surface area contributed by atoms with Crippen LogP contribution in [0.25, 0.3) is 0 Å². The first kappa shape index (κ1) is 16.8. The van der Waals surface area contributed by atoms with Crippen molar-refractivity contribution in [1.82, 2.24) is 9.88 Å². The molecule has 1 saturated heterocycles. The second kappa shape index (κ2) is 8.20. The third-order valence-electron chi connectivity index (χ3n) is 4.35. The van der Waals surface area contributed by atoms with Crippen molar-refractivity contribution in [2.75, 3.05) is 37.3 Å². The van der Waals surface area contributed by atoms with Crippen LogP contribution in [0.5, 0.6) is 0 Å². The SMILES string of the molecule is CN(CC1CCN(c2ccccc2)C1)C(=O)CSc1ccccn1. The lowest BCUT2D eigenvalue weighted by molar-refractivity contribution is -0.127. The zero-order valence-corrected chi connectivity index (χ0v) is 14.8. The molecule has 1 atom stereocenters. The van der Waals surface area contributed by atoms with Crippen LogP contribution in [0.2, 0.25) is 0 Å². The summed E-state index contributed by atoms with van der Waals surface area (Å²) in [6, 6.07) is 16.3. The van der Waals surface area contributed by atoms with E-state index in [9.17, 15) is 4.79 Å². The highest BCUT2D eigenvalue weighted by Gasteiger charge is 2.25. The van der Waals surface area contributed by atoms with E-state index in [0.717, 1.165) is 31.1 Å². The van der Waals surface area contributed by atoms with Crippen molar-refractivity contribution in [3.8, 4) is 0 Å². The van der Waals surface area contributed by atoms with E-state index in [2.05, 4.69) is 34.1 Å². The van der Waals surface area contributed by atoms with Crippen molar-refractivity contribution in [2.45, 2.75) is 11.4 Å². The van der Waals surface area contributed by atoms with E-state index in [1.807, 2.05) is 36.2 Å². The number of thioether (sulfide) groups is 1. The van der Waals surface area contributed by atoms with E-state index in [4.69, 9.17) is 0 Å². The fourth-order valence-corrected chi connectivity index (χ4v) is 3.82. The van der Waals surface area contributed by atoms with E-state index in [1.165, 1.54) is 17.4 Å². The quantitative estimate of drug-likeness (QED) is 0.756. The molecule has 4 nitrogen and oxygen atoms in total. The van der Waals surface area contributed by atoms with Crippen molar-refractivity contribution >= 4 is 23.4 Å². The van der Waals surface area contributed by atoms with Gasteiger partial charge in [0.1, 0.15) is 0 Å². The van der Waals surface area contributed by atoms with Crippen LogP contribution >= 0.6 is 11.8 Å². The molecule has 0 saturated carbocycles. The maximum absolute atomic E-state index is 12.3. The van der Waals surface area contributed by atoms with Gasteiger partial charge in [0.2, 0.25) is 5.91 Å². The number of benzene rings is 1. The van der Waals surface area contributed by atoms with Crippen LogP contribution in [0.3, 0.4) is 0 Å². The van der Waals surface area contributed by atoms with Gasteiger partial charge in [-0.2, -0.15) is 0 Å². The van der Waals surface area contributed by atoms with Gasteiger partial charge in [-0.3, -0.25) is 4.79 Å². The molecule has 1 aromatic carbocycles. The van der Waals surface area contributed by atoms with Crippen LogP contribution < -0.4 is 4.90 Å². The van der Waals surface area contributed by atoms with Gasteiger partial charge >= 0.3 is 0 Å². The monoisotopic (exact) mass is 341 g/mol. The van der Waals surface area contributed by atoms with Crippen LogP contribution in [0.15, 0.2) is 59.8 Å². The second-order valence-corrected chi connectivity index (χ2v) is 7.16. The number of carbonyl (C=O) groups excluding carboxylic acids is 1. The third kappa shape index (κ3) is 4.51. The Hall–Kier alpha value is -2.01. The van der Waals surface area contributed by atoms with Crippen molar-refractivity contribution in [1.29, 1.82) is 0 Å². The molecule has 0 radical (unpaired) electrons. The predicted octanol–water partition coefficient (Wildman–Crippen LogP) is 3.16. The molecule has 1 unspecified atom stereocenters. The molecule has 126 valence electrons. The third-order valence-corrected chi connectivity index (χ3v) is 5.27. The van der Waals surface area contributed by atoms with Gasteiger partial charge in [-0.1, -0.05) is 36.0 Å². The van der Waals surface area contributed by atoms with Gasteiger partial charge < -0.3 is 9.80 Å². The van der Waals surface area contributed by atoms with Gasteiger partial charge in [-0.15, -0.1) is 0 Å². The first-order chi connectivity index (χ1) is 11.7. The molecule has 5 heteroatoms. The van der Waals surface area contributed by atoms with E-state index in [1.54, 1.807) is 6.20 Å². The Balaban J connectivity index is 1.45. The summed E-state index contributed by atoms with van der Waals surface area (Å²) < 4.78 is 0. The van der Waals surface area contributed by atoms with Gasteiger partial charge in [0.05, 0.1) is 10.8 Å². The molecule has 0 aliphatic carbocycles. The Morgan fingerprint density at radius 2 is 2.04 bits per heavy atom. The number of anilines is 1. The highest BCUT2D eigenvalue weighted by atomic mass is 32.2. The van der Waals surface area contributed by atoms with Crippen LogP contribution in [-0.4, -0.2) is 48.2 Å². The molecular weight excluding hydrogens is 318 g/mol. The lowest BCUT2D eigenvalue weighted by atomic mass is 10.1. The van der Waals surface area contributed by atoms with Crippen LogP contribution in [0.4, 0.5) is 5.69 Å². The Morgan fingerprint density at radius 3 is 2.79 bits per heavy atom. The molecule has 2 aromatic rings. The van der Waals surface area contributed by atoms with Crippen molar-refractivity contribution in [3.05, 3.63) is 54.7 Å². The molecule has 3 rings (SSSR count). The van der Waals surface area contributed by atoms with Gasteiger partial charge in [-0.25, -0.2) is 4.98 Å². The summed E-state index contributed by atoms with van der Waals surface area (Å²) in [4.78, 5) is 20.8. The Kier molecular flexibility index (Phi) is 5.75. The molecule has 1 fully saturated rings. The first-order valence-corrected chi connectivity index (χ1v) is 9.29. The molecule has 0 N–H and O–H groups in total. The normalized spacial score (nSPS) is 17.0. The minimum Gasteiger partial charge on any atom is -0.371 e. The van der Waals surface area contributed by atoms with Crippen molar-refractivity contribution < 1.29 is 4.79 Å². The number of nitrogens with zero attached hydrogens (tertiary/aromatic N) is 3. The fourth-order valence-electron chi connectivity index (χ4n) is 3.02. The van der Waals surface area contributed by atoms with Gasteiger partial charge in [0, 0.05) is 38.6 Å². The van der Waals surface area contributed by atoms with Crippen molar-refractivity contribution in [3.63, 3.8) is 0 Å². The minimum atomic E-state index is 0.170. The maximum atomic E-state index is 12.3. The summed E-state index contributed by atoms with van der Waals surface area (Å²) in [5.74, 6) is 1.16. The smallest absolute Gasteiger partial charge is 0.232 e. The largest absolute Gasteiger partial charge is 0.371 e. The summed E-state index contributed by atoms with van der Waals surface area (Å²) in [5.41, 5.74) is 1.28. The summed E-state index contributed by atoms with van der Waals surface area (Å²) in [7, 11) is 1.91. The molecule has 1 aromatic heterocycles. The van der Waals surface area contributed by atoms with Crippen LogP contribution in [-0.2, 0) is 4.79 Å². The number of aromatic nitrogens is 1. The molecule has 24 heavy (non-hydrogen) atoms. The standard InChI is InChI=1S/C19H23N3OS/c1-21(19(23)15-24-18-9-5-6-11-20-18)13-16-10-12-22(14-16)17-7-3-2-4-8-17/h2-9,11,16H,10,12-15H2,1H3. The lowest BCUT2D eigenvalue weighted by Crippen LogP contribution is -2.34. The molecule has 1 amide bonds. The first-order valence-electron chi connectivity index (χ1n) is 8.30. The molecule has 1 aliphatic heterocycles. The number of para-hydroxylation sites is 1. The van der Waals surface area contributed by atoms with Gasteiger partial charge in [0.25, 0.3) is 0 Å².